The Morgan fingerprint density at radius 3 is 2.69 bits per heavy atom. The summed E-state index contributed by atoms with van der Waals surface area (Å²) in [5, 5.41) is 1.60. The molecule has 16 heavy (non-hydrogen) atoms. The zero-order chi connectivity index (χ0) is 11.5. The number of rotatable bonds is 3. The lowest BCUT2D eigenvalue weighted by Crippen LogP contribution is -1.97. The van der Waals surface area contributed by atoms with E-state index in [1.54, 1.807) is 11.3 Å². The molecule has 1 aromatic carbocycles. The smallest absolute Gasteiger partial charge is 0.121 e. The van der Waals surface area contributed by atoms with Crippen molar-refractivity contribution in [3.05, 3.63) is 39.2 Å². The van der Waals surface area contributed by atoms with Gasteiger partial charge in [-0.15, -0.1) is 11.3 Å². The summed E-state index contributed by atoms with van der Waals surface area (Å²) in [7, 11) is 0. The molecule has 0 unspecified atom stereocenters. The van der Waals surface area contributed by atoms with Crippen molar-refractivity contribution in [1.29, 1.82) is 0 Å². The highest BCUT2D eigenvalue weighted by Crippen LogP contribution is 2.28. The SMILES string of the molecule is Cc1sc(CON)nc1-c1ccc(Cl)cc1. The standard InChI is InChI=1S/C11H11ClN2OS/c1-7-11(14-10(16-7)6-15-13)8-2-4-9(12)5-3-8/h2-5H,6,13H2,1H3. The molecule has 0 amide bonds. The van der Waals surface area contributed by atoms with Crippen LogP contribution in [0.15, 0.2) is 24.3 Å². The maximum atomic E-state index is 5.84. The third-order valence-corrected chi connectivity index (χ3v) is 3.36. The number of aromatic nitrogens is 1. The summed E-state index contributed by atoms with van der Waals surface area (Å²) in [6, 6.07) is 7.62. The van der Waals surface area contributed by atoms with Crippen molar-refractivity contribution in [3.63, 3.8) is 0 Å². The number of aryl methyl sites for hydroxylation is 1. The van der Waals surface area contributed by atoms with Crippen LogP contribution in [0.4, 0.5) is 0 Å². The number of benzene rings is 1. The summed E-state index contributed by atoms with van der Waals surface area (Å²) in [5.74, 6) is 5.03. The van der Waals surface area contributed by atoms with Gasteiger partial charge in [0.05, 0.1) is 5.69 Å². The molecule has 5 heteroatoms. The third kappa shape index (κ3) is 2.41. The topological polar surface area (TPSA) is 48.1 Å². The number of thiazole rings is 1. The lowest BCUT2D eigenvalue weighted by molar-refractivity contribution is 0.124. The van der Waals surface area contributed by atoms with Gasteiger partial charge in [-0.05, 0) is 19.1 Å². The minimum Gasteiger partial charge on any atom is -0.297 e. The maximum absolute atomic E-state index is 5.84. The van der Waals surface area contributed by atoms with Gasteiger partial charge in [0, 0.05) is 15.5 Å². The van der Waals surface area contributed by atoms with Crippen LogP contribution in [0.25, 0.3) is 11.3 Å². The molecule has 0 radical (unpaired) electrons. The molecule has 84 valence electrons. The summed E-state index contributed by atoms with van der Waals surface area (Å²) in [6.45, 7) is 2.38. The highest BCUT2D eigenvalue weighted by atomic mass is 35.5. The van der Waals surface area contributed by atoms with E-state index < -0.39 is 0 Å². The Bertz CT molecular complexity index is 481. The molecular formula is C11H11ClN2OS. The summed E-state index contributed by atoms with van der Waals surface area (Å²) in [5.41, 5.74) is 2.02. The van der Waals surface area contributed by atoms with Crippen LogP contribution in [0, 0.1) is 6.92 Å². The first-order valence-electron chi connectivity index (χ1n) is 4.74. The predicted octanol–water partition coefficient (Wildman–Crippen LogP) is 3.16. The minimum absolute atomic E-state index is 0.346. The molecule has 0 atom stereocenters. The van der Waals surface area contributed by atoms with Crippen LogP contribution in [0.5, 0.6) is 0 Å². The number of hydrogen-bond donors (Lipinski definition) is 1. The van der Waals surface area contributed by atoms with Crippen molar-refractivity contribution < 1.29 is 4.84 Å². The van der Waals surface area contributed by atoms with E-state index in [0.29, 0.717) is 6.61 Å². The number of nitrogens with two attached hydrogens (primary N) is 1. The van der Waals surface area contributed by atoms with E-state index in [0.717, 1.165) is 26.2 Å². The Hall–Kier alpha value is -0.940. The van der Waals surface area contributed by atoms with Crippen molar-refractivity contribution in [1.82, 2.24) is 4.98 Å². The van der Waals surface area contributed by atoms with Gasteiger partial charge in [-0.2, -0.15) is 0 Å². The van der Waals surface area contributed by atoms with Gasteiger partial charge in [-0.1, -0.05) is 23.7 Å². The van der Waals surface area contributed by atoms with Crippen LogP contribution in [-0.4, -0.2) is 4.98 Å². The molecule has 0 saturated heterocycles. The fourth-order valence-electron chi connectivity index (χ4n) is 1.46. The molecule has 0 saturated carbocycles. The van der Waals surface area contributed by atoms with Gasteiger partial charge >= 0.3 is 0 Å². The molecule has 0 aliphatic heterocycles. The molecule has 2 N–H and O–H groups in total. The highest BCUT2D eigenvalue weighted by molar-refractivity contribution is 7.12. The summed E-state index contributed by atoms with van der Waals surface area (Å²) < 4.78 is 0. The van der Waals surface area contributed by atoms with Crippen molar-refractivity contribution in [2.75, 3.05) is 0 Å². The van der Waals surface area contributed by atoms with Crippen molar-refractivity contribution in [3.8, 4) is 11.3 Å². The molecule has 2 aromatic rings. The second-order valence-electron chi connectivity index (χ2n) is 3.33. The Balaban J connectivity index is 2.36. The quantitative estimate of drug-likeness (QED) is 0.856. The van der Waals surface area contributed by atoms with Crippen LogP contribution in [0.2, 0.25) is 5.02 Å². The Labute approximate surface area is 103 Å². The van der Waals surface area contributed by atoms with E-state index >= 15 is 0 Å². The molecule has 1 aromatic heterocycles. The second-order valence-corrected chi connectivity index (χ2v) is 5.05. The molecule has 0 fully saturated rings. The van der Waals surface area contributed by atoms with Crippen LogP contribution in [0.3, 0.4) is 0 Å². The monoisotopic (exact) mass is 254 g/mol. The zero-order valence-electron chi connectivity index (χ0n) is 8.74. The Morgan fingerprint density at radius 1 is 1.38 bits per heavy atom. The molecule has 0 aliphatic carbocycles. The number of halogens is 1. The van der Waals surface area contributed by atoms with Gasteiger partial charge in [-0.25, -0.2) is 10.9 Å². The van der Waals surface area contributed by atoms with Crippen molar-refractivity contribution in [2.45, 2.75) is 13.5 Å². The molecule has 3 nitrogen and oxygen atoms in total. The average Bonchev–Trinajstić information content (AvgIpc) is 2.61. The number of nitrogens with zero attached hydrogens (tertiary/aromatic N) is 1. The average molecular weight is 255 g/mol. The highest BCUT2D eigenvalue weighted by Gasteiger charge is 2.09. The van der Waals surface area contributed by atoms with Crippen molar-refractivity contribution in [2.24, 2.45) is 5.90 Å². The molecule has 0 aliphatic rings. The van der Waals surface area contributed by atoms with E-state index in [2.05, 4.69) is 9.82 Å². The van der Waals surface area contributed by atoms with Crippen LogP contribution >= 0.6 is 22.9 Å². The lowest BCUT2D eigenvalue weighted by atomic mass is 10.1. The summed E-state index contributed by atoms with van der Waals surface area (Å²) >= 11 is 7.43. The van der Waals surface area contributed by atoms with Crippen LogP contribution < -0.4 is 5.90 Å². The fraction of sp³-hybridized carbons (Fsp3) is 0.182. The Morgan fingerprint density at radius 2 is 2.06 bits per heavy atom. The number of hydrogen-bond acceptors (Lipinski definition) is 4. The van der Waals surface area contributed by atoms with E-state index in [1.807, 2.05) is 31.2 Å². The summed E-state index contributed by atoms with van der Waals surface area (Å²) in [4.78, 5) is 10.2. The molecular weight excluding hydrogens is 244 g/mol. The zero-order valence-corrected chi connectivity index (χ0v) is 10.3. The van der Waals surface area contributed by atoms with Gasteiger partial charge < -0.3 is 0 Å². The summed E-state index contributed by atoms with van der Waals surface area (Å²) in [6.07, 6.45) is 0. The second kappa shape index (κ2) is 4.93. The molecule has 0 spiro atoms. The van der Waals surface area contributed by atoms with E-state index in [4.69, 9.17) is 17.5 Å². The normalized spacial score (nSPS) is 10.7. The van der Waals surface area contributed by atoms with E-state index in [9.17, 15) is 0 Å². The lowest BCUT2D eigenvalue weighted by Gasteiger charge is -1.98. The van der Waals surface area contributed by atoms with E-state index in [1.165, 1.54) is 0 Å². The fourth-order valence-corrected chi connectivity index (χ4v) is 2.46. The molecule has 2 rings (SSSR count). The van der Waals surface area contributed by atoms with E-state index in [-0.39, 0.29) is 0 Å². The molecule has 1 heterocycles. The van der Waals surface area contributed by atoms with Gasteiger partial charge in [0.2, 0.25) is 0 Å². The minimum atomic E-state index is 0.346. The first kappa shape index (κ1) is 11.5. The van der Waals surface area contributed by atoms with Gasteiger partial charge in [0.15, 0.2) is 0 Å². The third-order valence-electron chi connectivity index (χ3n) is 2.17. The van der Waals surface area contributed by atoms with Crippen LogP contribution in [0.1, 0.15) is 9.88 Å². The first-order valence-corrected chi connectivity index (χ1v) is 5.94. The van der Waals surface area contributed by atoms with Gasteiger partial charge in [0.1, 0.15) is 11.6 Å². The predicted molar refractivity (Wildman–Crippen MR) is 66.3 cm³/mol. The maximum Gasteiger partial charge on any atom is 0.121 e. The van der Waals surface area contributed by atoms with Gasteiger partial charge in [-0.3, -0.25) is 4.84 Å². The Kier molecular flexibility index (Phi) is 3.56. The molecule has 0 bridgehead atoms. The van der Waals surface area contributed by atoms with Crippen molar-refractivity contribution >= 4 is 22.9 Å². The van der Waals surface area contributed by atoms with Crippen LogP contribution in [-0.2, 0) is 11.4 Å². The first-order chi connectivity index (χ1) is 7.70. The van der Waals surface area contributed by atoms with Gasteiger partial charge in [0.25, 0.3) is 0 Å². The largest absolute Gasteiger partial charge is 0.297 e.